The minimum atomic E-state index is -0.733. The van der Waals surface area contributed by atoms with Gasteiger partial charge in [-0.15, -0.1) is 0 Å². The number of carbonyl (C=O) groups excluding carboxylic acids is 1. The lowest BCUT2D eigenvalue weighted by Gasteiger charge is -2.45. The zero-order valence-corrected chi connectivity index (χ0v) is 14.3. The van der Waals surface area contributed by atoms with Crippen LogP contribution in [0.4, 0.5) is 0 Å². The summed E-state index contributed by atoms with van der Waals surface area (Å²) < 4.78 is 1.34. The molecule has 0 radical (unpaired) electrons. The standard InChI is InChI=1S/C18H23N3O4/c1-2-7-18(12-22)11-20(9-6-14(18)23)16(24)13-10-19-15-5-3-4-8-21(15)17(13)25/h3-5,8,10,14,22-23H,2,6-7,9,11-12H2,1H3/t14-,18+/m1/s1. The molecule has 1 fully saturated rings. The molecule has 7 nitrogen and oxygen atoms in total. The van der Waals surface area contributed by atoms with Crippen molar-refractivity contribution < 1.29 is 15.0 Å². The van der Waals surface area contributed by atoms with Gasteiger partial charge in [0, 0.05) is 30.9 Å². The van der Waals surface area contributed by atoms with Gasteiger partial charge in [0.1, 0.15) is 11.2 Å². The van der Waals surface area contributed by atoms with E-state index in [1.54, 1.807) is 29.3 Å². The number of likely N-dealkylation sites (tertiary alicyclic amines) is 1. The Morgan fingerprint density at radius 1 is 1.44 bits per heavy atom. The molecule has 0 bridgehead atoms. The highest BCUT2D eigenvalue weighted by molar-refractivity contribution is 5.93. The van der Waals surface area contributed by atoms with Crippen LogP contribution < -0.4 is 5.56 Å². The maximum Gasteiger partial charge on any atom is 0.270 e. The molecule has 0 unspecified atom stereocenters. The van der Waals surface area contributed by atoms with E-state index in [-0.39, 0.29) is 18.7 Å². The molecule has 1 aliphatic heterocycles. The lowest BCUT2D eigenvalue weighted by Crippen LogP contribution is -2.55. The number of nitrogens with zero attached hydrogens (tertiary/aromatic N) is 3. The Morgan fingerprint density at radius 2 is 2.24 bits per heavy atom. The molecule has 0 spiro atoms. The van der Waals surface area contributed by atoms with Crippen molar-refractivity contribution in [3.8, 4) is 0 Å². The number of fused-ring (bicyclic) bond motifs is 1. The molecule has 3 heterocycles. The third kappa shape index (κ3) is 3.05. The minimum Gasteiger partial charge on any atom is -0.396 e. The van der Waals surface area contributed by atoms with Gasteiger partial charge in [-0.05, 0) is 25.0 Å². The third-order valence-electron chi connectivity index (χ3n) is 5.08. The van der Waals surface area contributed by atoms with Gasteiger partial charge in [-0.3, -0.25) is 14.0 Å². The van der Waals surface area contributed by atoms with Crippen molar-refractivity contribution in [3.63, 3.8) is 0 Å². The minimum absolute atomic E-state index is 0.00317. The van der Waals surface area contributed by atoms with Crippen molar-refractivity contribution >= 4 is 11.6 Å². The molecule has 2 N–H and O–H groups in total. The van der Waals surface area contributed by atoms with Crippen LogP contribution in [0.25, 0.3) is 5.65 Å². The van der Waals surface area contributed by atoms with Gasteiger partial charge in [0.25, 0.3) is 11.5 Å². The topological polar surface area (TPSA) is 95.1 Å². The van der Waals surface area contributed by atoms with Gasteiger partial charge in [-0.2, -0.15) is 0 Å². The fourth-order valence-corrected chi connectivity index (χ4v) is 3.64. The first-order valence-corrected chi connectivity index (χ1v) is 8.57. The largest absolute Gasteiger partial charge is 0.396 e. The molecular weight excluding hydrogens is 322 g/mol. The van der Waals surface area contributed by atoms with Crippen LogP contribution >= 0.6 is 0 Å². The summed E-state index contributed by atoms with van der Waals surface area (Å²) in [6.07, 6.45) is 4.03. The number of hydrogen-bond acceptors (Lipinski definition) is 5. The van der Waals surface area contributed by atoms with Crippen LogP contribution in [0.1, 0.15) is 36.5 Å². The van der Waals surface area contributed by atoms with E-state index in [2.05, 4.69) is 4.98 Å². The second-order valence-corrected chi connectivity index (χ2v) is 6.71. The first-order chi connectivity index (χ1) is 12.0. The van der Waals surface area contributed by atoms with E-state index in [1.165, 1.54) is 10.6 Å². The number of aliphatic hydroxyl groups is 2. The van der Waals surface area contributed by atoms with Crippen molar-refractivity contribution in [2.75, 3.05) is 19.7 Å². The molecular formula is C18H23N3O4. The number of carbonyl (C=O) groups is 1. The lowest BCUT2D eigenvalue weighted by atomic mass is 9.74. The van der Waals surface area contributed by atoms with Crippen LogP contribution in [-0.4, -0.2) is 56.2 Å². The number of pyridine rings is 1. The maximum atomic E-state index is 12.9. The Labute approximate surface area is 145 Å². The molecule has 1 amide bonds. The Morgan fingerprint density at radius 3 is 2.96 bits per heavy atom. The monoisotopic (exact) mass is 345 g/mol. The fourth-order valence-electron chi connectivity index (χ4n) is 3.64. The number of piperidine rings is 1. The van der Waals surface area contributed by atoms with E-state index < -0.39 is 23.0 Å². The first-order valence-electron chi connectivity index (χ1n) is 8.57. The quantitative estimate of drug-likeness (QED) is 0.850. The summed E-state index contributed by atoms with van der Waals surface area (Å²) in [6, 6.07) is 5.18. The second kappa shape index (κ2) is 6.93. The van der Waals surface area contributed by atoms with Gasteiger partial charge < -0.3 is 15.1 Å². The van der Waals surface area contributed by atoms with Gasteiger partial charge in [-0.1, -0.05) is 19.4 Å². The molecule has 3 rings (SSSR count). The summed E-state index contributed by atoms with van der Waals surface area (Å²) in [4.78, 5) is 31.2. The molecule has 2 aromatic rings. The smallest absolute Gasteiger partial charge is 0.270 e. The Hall–Kier alpha value is -2.25. The first kappa shape index (κ1) is 17.6. The van der Waals surface area contributed by atoms with Crippen molar-refractivity contribution in [3.05, 3.63) is 46.5 Å². The van der Waals surface area contributed by atoms with Gasteiger partial charge in [-0.25, -0.2) is 4.98 Å². The van der Waals surface area contributed by atoms with Crippen LogP contribution in [-0.2, 0) is 0 Å². The number of aromatic nitrogens is 2. The van der Waals surface area contributed by atoms with E-state index in [9.17, 15) is 19.8 Å². The Kier molecular flexibility index (Phi) is 4.87. The highest BCUT2D eigenvalue weighted by Crippen LogP contribution is 2.35. The maximum absolute atomic E-state index is 12.9. The average Bonchev–Trinajstić information content (AvgIpc) is 2.64. The summed E-state index contributed by atoms with van der Waals surface area (Å²) in [5.74, 6) is -0.406. The number of hydrogen-bond donors (Lipinski definition) is 2. The van der Waals surface area contributed by atoms with E-state index in [1.807, 2.05) is 6.92 Å². The zero-order chi connectivity index (χ0) is 18.0. The van der Waals surface area contributed by atoms with Crippen molar-refractivity contribution in [2.45, 2.75) is 32.3 Å². The molecule has 1 aliphatic rings. The Balaban J connectivity index is 1.93. The molecule has 0 saturated carbocycles. The van der Waals surface area contributed by atoms with Gasteiger partial charge >= 0.3 is 0 Å². The van der Waals surface area contributed by atoms with E-state index in [4.69, 9.17) is 0 Å². The molecule has 134 valence electrons. The van der Waals surface area contributed by atoms with Gasteiger partial charge in [0.05, 0.1) is 12.7 Å². The van der Waals surface area contributed by atoms with Crippen LogP contribution in [0.3, 0.4) is 0 Å². The molecule has 0 aliphatic carbocycles. The number of amides is 1. The van der Waals surface area contributed by atoms with E-state index in [0.29, 0.717) is 25.0 Å². The molecule has 2 aromatic heterocycles. The molecule has 7 heteroatoms. The van der Waals surface area contributed by atoms with Crippen LogP contribution in [0.5, 0.6) is 0 Å². The normalized spacial score (nSPS) is 23.8. The SMILES string of the molecule is CCC[C@@]1(CO)CN(C(=O)c2cnc3ccccn3c2=O)CC[C@H]1O. The number of aliphatic hydroxyl groups excluding tert-OH is 2. The lowest BCUT2D eigenvalue weighted by molar-refractivity contribution is -0.0720. The van der Waals surface area contributed by atoms with E-state index in [0.717, 1.165) is 6.42 Å². The summed E-state index contributed by atoms with van der Waals surface area (Å²) >= 11 is 0. The zero-order valence-electron chi connectivity index (χ0n) is 14.3. The second-order valence-electron chi connectivity index (χ2n) is 6.71. The van der Waals surface area contributed by atoms with Crippen molar-refractivity contribution in [2.24, 2.45) is 5.41 Å². The highest BCUT2D eigenvalue weighted by atomic mass is 16.3. The average molecular weight is 345 g/mol. The molecule has 1 saturated heterocycles. The molecule has 2 atom stereocenters. The van der Waals surface area contributed by atoms with Crippen LogP contribution in [0.2, 0.25) is 0 Å². The molecule has 25 heavy (non-hydrogen) atoms. The van der Waals surface area contributed by atoms with Crippen LogP contribution in [0.15, 0.2) is 35.4 Å². The highest BCUT2D eigenvalue weighted by Gasteiger charge is 2.43. The summed E-state index contributed by atoms with van der Waals surface area (Å²) in [5, 5.41) is 20.2. The van der Waals surface area contributed by atoms with Crippen molar-refractivity contribution in [1.82, 2.24) is 14.3 Å². The van der Waals surface area contributed by atoms with Crippen LogP contribution in [0, 0.1) is 5.41 Å². The Bertz CT molecular complexity index is 834. The summed E-state index contributed by atoms with van der Waals surface area (Å²) in [7, 11) is 0. The summed E-state index contributed by atoms with van der Waals surface area (Å²) in [6.45, 7) is 2.36. The van der Waals surface area contributed by atoms with Gasteiger partial charge in [0.2, 0.25) is 0 Å². The number of rotatable bonds is 4. The predicted molar refractivity (Wildman–Crippen MR) is 92.4 cm³/mol. The van der Waals surface area contributed by atoms with E-state index >= 15 is 0 Å². The third-order valence-corrected chi connectivity index (χ3v) is 5.08. The predicted octanol–water partition coefficient (Wildman–Crippen LogP) is 0.680. The fraction of sp³-hybridized carbons (Fsp3) is 0.500. The molecule has 0 aromatic carbocycles. The van der Waals surface area contributed by atoms with Gasteiger partial charge in [0.15, 0.2) is 0 Å². The summed E-state index contributed by atoms with van der Waals surface area (Å²) in [5.41, 5.74) is -0.660. The van der Waals surface area contributed by atoms with Crippen molar-refractivity contribution in [1.29, 1.82) is 0 Å².